The van der Waals surface area contributed by atoms with Crippen LogP contribution in [0.15, 0.2) is 48.9 Å². The molecule has 23 heavy (non-hydrogen) atoms. The van der Waals surface area contributed by atoms with Crippen LogP contribution in [0.5, 0.6) is 0 Å². The number of halogens is 1. The number of benzene rings is 1. The van der Waals surface area contributed by atoms with E-state index in [0.717, 1.165) is 16.8 Å². The van der Waals surface area contributed by atoms with E-state index in [0.29, 0.717) is 5.92 Å². The predicted molar refractivity (Wildman–Crippen MR) is 91.7 cm³/mol. The molecule has 0 radical (unpaired) electrons. The molecule has 3 aromatic rings. The topological polar surface area (TPSA) is 8.29 Å². The second kappa shape index (κ2) is 5.48. The lowest BCUT2D eigenvalue weighted by molar-refractivity contribution is -0.594. The second-order valence-corrected chi connectivity index (χ2v) is 7.48. The summed E-state index contributed by atoms with van der Waals surface area (Å²) in [6.45, 7) is 10.6. The fourth-order valence-electron chi connectivity index (χ4n) is 2.89. The molecule has 0 N–H and O–H groups in total. The third kappa shape index (κ3) is 2.88. The fourth-order valence-corrected chi connectivity index (χ4v) is 2.89. The van der Waals surface area contributed by atoms with Gasteiger partial charge in [0.2, 0.25) is 0 Å². The van der Waals surface area contributed by atoms with Crippen LogP contribution in [0.1, 0.15) is 51.7 Å². The Hall–Kier alpha value is -2.16. The summed E-state index contributed by atoms with van der Waals surface area (Å²) in [6, 6.07) is 12.0. The highest BCUT2D eigenvalue weighted by Gasteiger charge is 2.21. The zero-order valence-corrected chi connectivity index (χ0v) is 14.5. The second-order valence-electron chi connectivity index (χ2n) is 7.48. The van der Waals surface area contributed by atoms with Crippen molar-refractivity contribution < 1.29 is 8.96 Å². The van der Waals surface area contributed by atoms with Crippen LogP contribution in [0.3, 0.4) is 0 Å². The first-order chi connectivity index (χ1) is 10.8. The molecular formula is C20H24FN2+. The van der Waals surface area contributed by atoms with Gasteiger partial charge >= 0.3 is 0 Å². The Bertz CT molecular complexity index is 854. The van der Waals surface area contributed by atoms with Crippen LogP contribution in [0.25, 0.3) is 11.2 Å². The van der Waals surface area contributed by atoms with E-state index in [9.17, 15) is 4.39 Å². The summed E-state index contributed by atoms with van der Waals surface area (Å²) in [4.78, 5) is 0. The Balaban J connectivity index is 2.20. The van der Waals surface area contributed by atoms with E-state index >= 15 is 0 Å². The van der Waals surface area contributed by atoms with Crippen LogP contribution in [0.4, 0.5) is 4.39 Å². The van der Waals surface area contributed by atoms with E-state index < -0.39 is 0 Å². The van der Waals surface area contributed by atoms with Crippen LogP contribution >= 0.6 is 0 Å². The van der Waals surface area contributed by atoms with E-state index in [4.69, 9.17) is 0 Å². The molecule has 0 aliphatic carbocycles. The number of pyridine rings is 1. The Kier molecular flexibility index (Phi) is 3.75. The maximum absolute atomic E-state index is 14.5. The van der Waals surface area contributed by atoms with Crippen LogP contribution in [0.2, 0.25) is 0 Å². The van der Waals surface area contributed by atoms with Gasteiger partial charge in [-0.05, 0) is 29.0 Å². The number of aromatic nitrogens is 2. The van der Waals surface area contributed by atoms with Gasteiger partial charge < -0.3 is 0 Å². The van der Waals surface area contributed by atoms with Gasteiger partial charge in [-0.3, -0.25) is 0 Å². The quantitative estimate of drug-likeness (QED) is 0.476. The summed E-state index contributed by atoms with van der Waals surface area (Å²) in [5.74, 6) is 0.185. The predicted octanol–water partition coefficient (Wildman–Crippen LogP) is 4.78. The van der Waals surface area contributed by atoms with Gasteiger partial charge in [0.25, 0.3) is 12.3 Å². The van der Waals surface area contributed by atoms with Gasteiger partial charge in [-0.15, -0.1) is 0 Å². The normalized spacial score (nSPS) is 12.3. The highest BCUT2D eigenvalue weighted by Crippen LogP contribution is 2.25. The number of rotatable bonds is 2. The van der Waals surface area contributed by atoms with Gasteiger partial charge in [0, 0.05) is 11.6 Å². The molecule has 1 aromatic carbocycles. The molecule has 3 heteroatoms. The van der Waals surface area contributed by atoms with Crippen molar-refractivity contribution in [1.29, 1.82) is 0 Å². The molecule has 0 saturated carbocycles. The standard InChI is InChI=1S/C20H24FN2/c1-14(2)17-8-6-7-9-18(17)22-12-16-10-15(20(3,4)5)11-19(21)23(16)13-22/h6-14H,1-5H3/q+1. The zero-order chi connectivity index (χ0) is 16.8. The molecular weight excluding hydrogens is 287 g/mol. The maximum Gasteiger partial charge on any atom is 0.283 e. The molecule has 0 aliphatic heterocycles. The summed E-state index contributed by atoms with van der Waals surface area (Å²) in [7, 11) is 0. The van der Waals surface area contributed by atoms with Crippen LogP contribution in [-0.2, 0) is 5.41 Å². The average molecular weight is 311 g/mol. The molecule has 0 fully saturated rings. The molecule has 3 rings (SSSR count). The van der Waals surface area contributed by atoms with Crippen molar-refractivity contribution in [3.05, 3.63) is 66.0 Å². The van der Waals surface area contributed by atoms with Crippen molar-refractivity contribution in [2.24, 2.45) is 0 Å². The van der Waals surface area contributed by atoms with Crippen LogP contribution in [-0.4, -0.2) is 4.40 Å². The SMILES string of the molecule is CC(C)c1ccccc1-[n+]1cc2cc(C(C)(C)C)cc(F)n2c1. The summed E-state index contributed by atoms with van der Waals surface area (Å²) >= 11 is 0. The fraction of sp³-hybridized carbons (Fsp3) is 0.350. The number of nitrogens with zero attached hydrogens (tertiary/aromatic N) is 2. The monoisotopic (exact) mass is 311 g/mol. The van der Waals surface area contributed by atoms with Crippen molar-refractivity contribution in [3.63, 3.8) is 0 Å². The first kappa shape index (κ1) is 15.7. The maximum atomic E-state index is 14.5. The molecule has 0 atom stereocenters. The Morgan fingerprint density at radius 2 is 1.78 bits per heavy atom. The number of hydrogen-bond acceptors (Lipinski definition) is 0. The van der Waals surface area contributed by atoms with Gasteiger partial charge in [0.15, 0.2) is 5.52 Å². The number of imidazole rings is 1. The van der Waals surface area contributed by atoms with Gasteiger partial charge in [-0.1, -0.05) is 52.8 Å². The summed E-state index contributed by atoms with van der Waals surface area (Å²) in [5, 5.41) is 0. The molecule has 120 valence electrons. The minimum Gasteiger partial charge on any atom is -0.201 e. The molecule has 2 aromatic heterocycles. The molecule has 0 spiro atoms. The van der Waals surface area contributed by atoms with Gasteiger partial charge in [-0.25, -0.2) is 4.57 Å². The van der Waals surface area contributed by atoms with E-state index in [1.54, 1.807) is 10.5 Å². The largest absolute Gasteiger partial charge is 0.283 e. The first-order valence-corrected chi connectivity index (χ1v) is 8.10. The van der Waals surface area contributed by atoms with Crippen LogP contribution in [0, 0.1) is 5.95 Å². The molecule has 0 aliphatic rings. The van der Waals surface area contributed by atoms with Crippen LogP contribution < -0.4 is 4.57 Å². The summed E-state index contributed by atoms with van der Waals surface area (Å²) in [5.41, 5.74) is 4.15. The zero-order valence-electron chi connectivity index (χ0n) is 14.5. The van der Waals surface area contributed by atoms with Crippen molar-refractivity contribution in [1.82, 2.24) is 4.40 Å². The molecule has 0 amide bonds. The van der Waals surface area contributed by atoms with E-state index in [1.807, 2.05) is 29.2 Å². The minimum atomic E-state index is -0.229. The molecule has 0 bridgehead atoms. The third-order valence-corrected chi connectivity index (χ3v) is 4.30. The van der Waals surface area contributed by atoms with Crippen molar-refractivity contribution in [3.8, 4) is 5.69 Å². The Labute approximate surface area is 137 Å². The van der Waals surface area contributed by atoms with Crippen molar-refractivity contribution >= 4 is 5.52 Å². The lowest BCUT2D eigenvalue weighted by atomic mass is 9.87. The molecule has 2 nitrogen and oxygen atoms in total. The highest BCUT2D eigenvalue weighted by molar-refractivity contribution is 5.48. The van der Waals surface area contributed by atoms with Crippen molar-refractivity contribution in [2.75, 3.05) is 0 Å². The van der Waals surface area contributed by atoms with E-state index in [2.05, 4.69) is 52.8 Å². The molecule has 2 heterocycles. The number of fused-ring (bicyclic) bond motifs is 1. The number of hydrogen-bond donors (Lipinski definition) is 0. The number of para-hydroxylation sites is 1. The van der Waals surface area contributed by atoms with Gasteiger partial charge in [0.1, 0.15) is 11.9 Å². The summed E-state index contributed by atoms with van der Waals surface area (Å²) in [6.07, 6.45) is 3.82. The van der Waals surface area contributed by atoms with E-state index in [1.165, 1.54) is 5.56 Å². The van der Waals surface area contributed by atoms with Crippen molar-refractivity contribution in [2.45, 2.75) is 46.0 Å². The molecule has 0 unspecified atom stereocenters. The highest BCUT2D eigenvalue weighted by atomic mass is 19.1. The third-order valence-electron chi connectivity index (χ3n) is 4.30. The first-order valence-electron chi connectivity index (χ1n) is 8.10. The summed E-state index contributed by atoms with van der Waals surface area (Å²) < 4.78 is 18.1. The minimum absolute atomic E-state index is 0.0759. The lowest BCUT2D eigenvalue weighted by Crippen LogP contribution is -2.29. The van der Waals surface area contributed by atoms with E-state index in [-0.39, 0.29) is 11.4 Å². The molecule has 0 saturated heterocycles. The lowest BCUT2D eigenvalue weighted by Gasteiger charge is -2.18. The average Bonchev–Trinajstić information content (AvgIpc) is 2.91. The Morgan fingerprint density at radius 3 is 2.43 bits per heavy atom. The van der Waals surface area contributed by atoms with Gasteiger partial charge in [-0.2, -0.15) is 8.79 Å². The smallest absolute Gasteiger partial charge is 0.201 e. The van der Waals surface area contributed by atoms with Gasteiger partial charge in [0.05, 0.1) is 0 Å². The Morgan fingerprint density at radius 1 is 1.09 bits per heavy atom.